The van der Waals surface area contributed by atoms with Crippen molar-refractivity contribution in [3.8, 4) is 5.75 Å². The molecule has 1 N–H and O–H groups in total. The minimum atomic E-state index is -1.15. The first-order valence-electron chi connectivity index (χ1n) is 8.81. The summed E-state index contributed by atoms with van der Waals surface area (Å²) in [5.41, 5.74) is 1.02. The van der Waals surface area contributed by atoms with Crippen LogP contribution in [0.1, 0.15) is 39.4 Å². The van der Waals surface area contributed by atoms with Crippen molar-refractivity contribution < 1.29 is 24.2 Å². The maximum absolute atomic E-state index is 12.6. The molecule has 2 heterocycles. The fraction of sp³-hybridized carbons (Fsp3) is 0.350. The van der Waals surface area contributed by atoms with E-state index in [9.17, 15) is 9.59 Å². The number of benzene rings is 1. The van der Waals surface area contributed by atoms with E-state index in [0.29, 0.717) is 19.7 Å². The van der Waals surface area contributed by atoms with Crippen LogP contribution in [0.4, 0.5) is 0 Å². The van der Waals surface area contributed by atoms with Crippen molar-refractivity contribution >= 4 is 11.9 Å². The quantitative estimate of drug-likeness (QED) is 0.841. The summed E-state index contributed by atoms with van der Waals surface area (Å²) in [5, 5.41) is 9.01. The third-order valence-corrected chi connectivity index (χ3v) is 4.58. The Morgan fingerprint density at radius 1 is 1.11 bits per heavy atom. The van der Waals surface area contributed by atoms with E-state index in [4.69, 9.17) is 14.6 Å². The third kappa shape index (κ3) is 4.62. The number of carboxylic acid groups (broad SMARTS) is 1. The highest BCUT2D eigenvalue weighted by Gasteiger charge is 2.25. The number of carbonyl (C=O) groups is 2. The first-order valence-corrected chi connectivity index (χ1v) is 8.81. The van der Waals surface area contributed by atoms with Crippen LogP contribution >= 0.6 is 0 Å². The molecule has 0 bridgehead atoms. The molecule has 27 heavy (non-hydrogen) atoms. The molecular weight excluding hydrogens is 348 g/mol. The number of ether oxygens (including phenoxy) is 2. The Balaban J connectivity index is 1.53. The van der Waals surface area contributed by atoms with E-state index >= 15 is 0 Å². The van der Waals surface area contributed by atoms with Crippen LogP contribution in [-0.2, 0) is 11.3 Å². The lowest BCUT2D eigenvalue weighted by molar-refractivity contribution is -0.00109. The van der Waals surface area contributed by atoms with Gasteiger partial charge in [-0.1, -0.05) is 24.3 Å². The second kappa shape index (κ2) is 8.64. The molecule has 0 aliphatic carbocycles. The molecule has 1 aliphatic rings. The van der Waals surface area contributed by atoms with E-state index in [1.54, 1.807) is 18.1 Å². The second-order valence-corrected chi connectivity index (χ2v) is 6.33. The Bertz CT molecular complexity index is 816. The molecule has 3 rings (SSSR count). The van der Waals surface area contributed by atoms with Crippen LogP contribution in [0.2, 0.25) is 0 Å². The maximum atomic E-state index is 12.6. The topological polar surface area (TPSA) is 89.0 Å². The van der Waals surface area contributed by atoms with E-state index < -0.39 is 5.97 Å². The Labute approximate surface area is 157 Å². The highest BCUT2D eigenvalue weighted by Crippen LogP contribution is 2.22. The zero-order valence-corrected chi connectivity index (χ0v) is 15.1. The van der Waals surface area contributed by atoms with Crippen LogP contribution in [0, 0.1) is 0 Å². The summed E-state index contributed by atoms with van der Waals surface area (Å²) in [5.74, 6) is -0.594. The predicted molar refractivity (Wildman–Crippen MR) is 97.9 cm³/mol. The monoisotopic (exact) mass is 370 g/mol. The van der Waals surface area contributed by atoms with E-state index in [-0.39, 0.29) is 23.4 Å². The largest absolute Gasteiger partial charge is 0.496 e. The zero-order chi connectivity index (χ0) is 19.2. The molecule has 1 saturated heterocycles. The van der Waals surface area contributed by atoms with E-state index in [1.807, 2.05) is 24.3 Å². The number of rotatable bonds is 6. The predicted octanol–water partition coefficient (Wildman–Crippen LogP) is 2.61. The molecule has 0 radical (unpaired) electrons. The maximum Gasteiger partial charge on any atom is 0.354 e. The molecule has 1 amide bonds. The van der Waals surface area contributed by atoms with Crippen molar-refractivity contribution in [3.63, 3.8) is 0 Å². The van der Waals surface area contributed by atoms with Gasteiger partial charge in [0.05, 0.1) is 19.8 Å². The molecule has 7 heteroatoms. The minimum Gasteiger partial charge on any atom is -0.496 e. The number of hydrogen-bond acceptors (Lipinski definition) is 5. The fourth-order valence-electron chi connectivity index (χ4n) is 3.09. The SMILES string of the molecule is COc1ccccc1COC1CCN(C(=O)c2cccc(C(=O)O)n2)CC1. The van der Waals surface area contributed by atoms with Gasteiger partial charge in [0.1, 0.15) is 17.1 Å². The number of pyridine rings is 1. The Kier molecular flexibility index (Phi) is 6.03. The van der Waals surface area contributed by atoms with Crippen molar-refractivity contribution in [2.75, 3.05) is 20.2 Å². The Morgan fingerprint density at radius 3 is 2.52 bits per heavy atom. The standard InChI is InChI=1S/C20H22N2O5/c1-26-18-8-3-2-5-14(18)13-27-15-9-11-22(12-10-15)19(23)16-6-4-7-17(21-16)20(24)25/h2-8,15H,9-13H2,1H3,(H,24,25). The molecule has 1 aliphatic heterocycles. The number of para-hydroxylation sites is 1. The number of carboxylic acids is 1. The highest BCUT2D eigenvalue weighted by atomic mass is 16.5. The molecule has 2 aromatic rings. The highest BCUT2D eigenvalue weighted by molar-refractivity contribution is 5.94. The summed E-state index contributed by atoms with van der Waals surface area (Å²) >= 11 is 0. The molecule has 1 aromatic carbocycles. The van der Waals surface area contributed by atoms with E-state index in [1.165, 1.54) is 12.1 Å². The fourth-order valence-corrected chi connectivity index (χ4v) is 3.09. The lowest BCUT2D eigenvalue weighted by atomic mass is 10.1. The van der Waals surface area contributed by atoms with Gasteiger partial charge >= 0.3 is 5.97 Å². The number of amides is 1. The van der Waals surface area contributed by atoms with Gasteiger partial charge in [-0.2, -0.15) is 0 Å². The van der Waals surface area contributed by atoms with Gasteiger partial charge in [-0.05, 0) is 31.0 Å². The van der Waals surface area contributed by atoms with Crippen LogP contribution in [0.3, 0.4) is 0 Å². The molecule has 0 spiro atoms. The molecule has 0 atom stereocenters. The van der Waals surface area contributed by atoms with Crippen LogP contribution in [0.5, 0.6) is 5.75 Å². The van der Waals surface area contributed by atoms with Crippen LogP contribution in [-0.4, -0.2) is 53.2 Å². The van der Waals surface area contributed by atoms with Gasteiger partial charge in [-0.25, -0.2) is 9.78 Å². The molecule has 1 aromatic heterocycles. The van der Waals surface area contributed by atoms with Crippen molar-refractivity contribution in [2.24, 2.45) is 0 Å². The molecule has 7 nitrogen and oxygen atoms in total. The average Bonchev–Trinajstić information content (AvgIpc) is 2.72. The van der Waals surface area contributed by atoms with E-state index in [2.05, 4.69) is 4.98 Å². The molecular formula is C20H22N2O5. The lowest BCUT2D eigenvalue weighted by Crippen LogP contribution is -2.41. The first-order chi connectivity index (χ1) is 13.1. The van der Waals surface area contributed by atoms with Crippen molar-refractivity contribution in [3.05, 3.63) is 59.4 Å². The van der Waals surface area contributed by atoms with Crippen LogP contribution in [0.15, 0.2) is 42.5 Å². The lowest BCUT2D eigenvalue weighted by Gasteiger charge is -2.31. The van der Waals surface area contributed by atoms with Gasteiger partial charge in [-0.3, -0.25) is 4.79 Å². The van der Waals surface area contributed by atoms with Gasteiger partial charge in [0, 0.05) is 18.7 Å². The summed E-state index contributed by atoms with van der Waals surface area (Å²) < 4.78 is 11.3. The third-order valence-electron chi connectivity index (χ3n) is 4.58. The summed E-state index contributed by atoms with van der Waals surface area (Å²) in [7, 11) is 1.64. The molecule has 0 saturated carbocycles. The number of carbonyl (C=O) groups excluding carboxylic acids is 1. The van der Waals surface area contributed by atoms with Crippen LogP contribution in [0.25, 0.3) is 0 Å². The van der Waals surface area contributed by atoms with Crippen molar-refractivity contribution in [1.29, 1.82) is 0 Å². The number of aromatic carboxylic acids is 1. The van der Waals surface area contributed by atoms with E-state index in [0.717, 1.165) is 24.2 Å². The number of likely N-dealkylation sites (tertiary alicyclic amines) is 1. The Morgan fingerprint density at radius 2 is 1.81 bits per heavy atom. The summed E-state index contributed by atoms with van der Waals surface area (Å²) in [6.07, 6.45) is 1.51. The summed E-state index contributed by atoms with van der Waals surface area (Å²) in [6, 6.07) is 12.2. The molecule has 142 valence electrons. The number of hydrogen-bond donors (Lipinski definition) is 1. The van der Waals surface area contributed by atoms with Crippen molar-refractivity contribution in [1.82, 2.24) is 9.88 Å². The molecule has 0 unspecified atom stereocenters. The second-order valence-electron chi connectivity index (χ2n) is 6.33. The van der Waals surface area contributed by atoms with Gasteiger partial charge < -0.3 is 19.5 Å². The molecule has 1 fully saturated rings. The summed E-state index contributed by atoms with van der Waals surface area (Å²) in [6.45, 7) is 1.56. The van der Waals surface area contributed by atoms with Gasteiger partial charge in [0.15, 0.2) is 0 Å². The van der Waals surface area contributed by atoms with Crippen molar-refractivity contribution in [2.45, 2.75) is 25.6 Å². The average molecular weight is 370 g/mol. The normalized spacial score (nSPS) is 14.8. The minimum absolute atomic E-state index is 0.0669. The van der Waals surface area contributed by atoms with Gasteiger partial charge in [0.25, 0.3) is 5.91 Å². The summed E-state index contributed by atoms with van der Waals surface area (Å²) in [4.78, 5) is 29.2. The first kappa shape index (κ1) is 18.8. The number of methoxy groups -OCH3 is 1. The van der Waals surface area contributed by atoms with Gasteiger partial charge in [0.2, 0.25) is 0 Å². The Hall–Kier alpha value is -2.93. The number of piperidine rings is 1. The van der Waals surface area contributed by atoms with Gasteiger partial charge in [-0.15, -0.1) is 0 Å². The number of aromatic nitrogens is 1. The smallest absolute Gasteiger partial charge is 0.354 e. The zero-order valence-electron chi connectivity index (χ0n) is 15.1. The van der Waals surface area contributed by atoms with Crippen LogP contribution < -0.4 is 4.74 Å². The number of nitrogens with zero attached hydrogens (tertiary/aromatic N) is 2.